The van der Waals surface area contributed by atoms with E-state index in [2.05, 4.69) is 10.2 Å². The number of carbonyl (C=O) groups is 1. The fourth-order valence-electron chi connectivity index (χ4n) is 2.31. The zero-order valence-electron chi connectivity index (χ0n) is 12.3. The normalized spacial score (nSPS) is 16.7. The standard InChI is InChI=1S/C13H17N3O4S3/c14-23(18,19)11-8-9-7-10(21-13(9)22-11)12(17)15-1-2-16-3-5-20-6-4-16/h7-8H,1-6H2,(H,15,17)(H2,14,18,19). The second-order valence-corrected chi connectivity index (χ2v) is 9.32. The third kappa shape index (κ3) is 4.08. The summed E-state index contributed by atoms with van der Waals surface area (Å²) < 4.78 is 28.8. The molecule has 0 spiro atoms. The number of amides is 1. The zero-order chi connectivity index (χ0) is 16.4. The highest BCUT2D eigenvalue weighted by atomic mass is 32.2. The van der Waals surface area contributed by atoms with E-state index in [1.165, 1.54) is 17.4 Å². The van der Waals surface area contributed by atoms with Gasteiger partial charge in [-0.05, 0) is 12.1 Å². The van der Waals surface area contributed by atoms with E-state index in [-0.39, 0.29) is 10.1 Å². The Morgan fingerprint density at radius 1 is 1.30 bits per heavy atom. The Balaban J connectivity index is 1.59. The number of hydrogen-bond acceptors (Lipinski definition) is 7. The van der Waals surface area contributed by atoms with Crippen molar-refractivity contribution in [2.45, 2.75) is 4.21 Å². The number of nitrogens with zero attached hydrogens (tertiary/aromatic N) is 1. The molecule has 0 radical (unpaired) electrons. The fourth-order valence-corrected chi connectivity index (χ4v) is 5.57. The second kappa shape index (κ2) is 6.83. The molecule has 3 rings (SSSR count). The highest BCUT2D eigenvalue weighted by Crippen LogP contribution is 2.35. The van der Waals surface area contributed by atoms with E-state index in [0.29, 0.717) is 11.4 Å². The molecule has 7 nitrogen and oxygen atoms in total. The summed E-state index contributed by atoms with van der Waals surface area (Å²) in [7, 11) is -3.69. The topological polar surface area (TPSA) is 102 Å². The number of carbonyl (C=O) groups excluding carboxylic acids is 1. The van der Waals surface area contributed by atoms with Crippen molar-refractivity contribution in [3.05, 3.63) is 17.0 Å². The molecule has 1 amide bonds. The fraction of sp³-hybridized carbons (Fsp3) is 0.462. The lowest BCUT2D eigenvalue weighted by Gasteiger charge is -2.26. The molecule has 23 heavy (non-hydrogen) atoms. The molecule has 10 heteroatoms. The first-order valence-corrected chi connectivity index (χ1v) is 10.3. The van der Waals surface area contributed by atoms with Gasteiger partial charge >= 0.3 is 0 Å². The smallest absolute Gasteiger partial charge is 0.261 e. The molecule has 3 N–H and O–H groups in total. The summed E-state index contributed by atoms with van der Waals surface area (Å²) in [5.41, 5.74) is 0. The molecule has 126 valence electrons. The number of primary sulfonamides is 1. The molecule has 0 unspecified atom stereocenters. The largest absolute Gasteiger partial charge is 0.379 e. The Morgan fingerprint density at radius 3 is 2.70 bits per heavy atom. The number of morpholine rings is 1. The molecule has 0 aliphatic carbocycles. The summed E-state index contributed by atoms with van der Waals surface area (Å²) >= 11 is 2.37. The number of hydrogen-bond donors (Lipinski definition) is 2. The second-order valence-electron chi connectivity index (χ2n) is 5.17. The summed E-state index contributed by atoms with van der Waals surface area (Å²) in [6.45, 7) is 4.63. The summed E-state index contributed by atoms with van der Waals surface area (Å²) in [5.74, 6) is -0.135. The van der Waals surface area contributed by atoms with Gasteiger partial charge < -0.3 is 10.1 Å². The SMILES string of the molecule is NS(=O)(=O)c1cc2cc(C(=O)NCCN3CCOCC3)sc2s1. The highest BCUT2D eigenvalue weighted by molar-refractivity contribution is 7.91. The number of sulfonamides is 1. The minimum absolute atomic E-state index is 0.123. The van der Waals surface area contributed by atoms with Crippen LogP contribution in [0.25, 0.3) is 9.40 Å². The Morgan fingerprint density at radius 2 is 2.04 bits per heavy atom. The maximum Gasteiger partial charge on any atom is 0.261 e. The van der Waals surface area contributed by atoms with E-state index in [1.54, 1.807) is 6.07 Å². The van der Waals surface area contributed by atoms with Gasteiger partial charge in [-0.1, -0.05) is 0 Å². The number of nitrogens with two attached hydrogens (primary N) is 1. The minimum atomic E-state index is -3.69. The van der Waals surface area contributed by atoms with Crippen molar-refractivity contribution in [3.8, 4) is 0 Å². The lowest BCUT2D eigenvalue weighted by atomic mass is 10.3. The van der Waals surface area contributed by atoms with E-state index < -0.39 is 10.0 Å². The van der Waals surface area contributed by atoms with Crippen LogP contribution in [0.5, 0.6) is 0 Å². The zero-order valence-corrected chi connectivity index (χ0v) is 14.7. The van der Waals surface area contributed by atoms with Crippen molar-refractivity contribution >= 4 is 48.0 Å². The van der Waals surface area contributed by atoms with Crippen LogP contribution < -0.4 is 10.5 Å². The van der Waals surface area contributed by atoms with E-state index in [1.807, 2.05) is 0 Å². The van der Waals surface area contributed by atoms with Crippen LogP contribution in [0.3, 0.4) is 0 Å². The Kier molecular flexibility index (Phi) is 4.99. The van der Waals surface area contributed by atoms with Gasteiger partial charge in [0.05, 0.1) is 22.1 Å². The molecule has 0 bridgehead atoms. The van der Waals surface area contributed by atoms with Gasteiger partial charge in [-0.25, -0.2) is 13.6 Å². The Labute approximate surface area is 142 Å². The number of fused-ring (bicyclic) bond motifs is 1. The first-order valence-electron chi connectivity index (χ1n) is 7.08. The lowest BCUT2D eigenvalue weighted by molar-refractivity contribution is 0.0383. The monoisotopic (exact) mass is 375 g/mol. The Hall–Kier alpha value is -1.04. The van der Waals surface area contributed by atoms with Crippen LogP contribution in [-0.2, 0) is 14.8 Å². The molecule has 1 aliphatic heterocycles. The number of nitrogens with one attached hydrogen (secondary N) is 1. The van der Waals surface area contributed by atoms with Gasteiger partial charge in [0, 0.05) is 31.6 Å². The van der Waals surface area contributed by atoms with Crippen LogP contribution in [0, 0.1) is 0 Å². The number of rotatable bonds is 5. The van der Waals surface area contributed by atoms with Gasteiger partial charge in [-0.3, -0.25) is 9.69 Å². The van der Waals surface area contributed by atoms with E-state index in [4.69, 9.17) is 9.88 Å². The van der Waals surface area contributed by atoms with Gasteiger partial charge in [-0.15, -0.1) is 22.7 Å². The molecule has 1 saturated heterocycles. The third-order valence-electron chi connectivity index (χ3n) is 3.51. The lowest BCUT2D eigenvalue weighted by Crippen LogP contribution is -2.41. The van der Waals surface area contributed by atoms with Gasteiger partial charge in [0.2, 0.25) is 10.0 Å². The maximum atomic E-state index is 12.2. The van der Waals surface area contributed by atoms with Crippen molar-refractivity contribution < 1.29 is 17.9 Å². The van der Waals surface area contributed by atoms with Crippen molar-refractivity contribution in [2.75, 3.05) is 39.4 Å². The molecule has 1 aliphatic rings. The number of ether oxygens (including phenoxy) is 1. The van der Waals surface area contributed by atoms with E-state index in [0.717, 1.165) is 53.6 Å². The summed E-state index contributed by atoms with van der Waals surface area (Å²) in [4.78, 5) is 15.0. The molecule has 3 heterocycles. The van der Waals surface area contributed by atoms with Crippen molar-refractivity contribution in [2.24, 2.45) is 5.14 Å². The quantitative estimate of drug-likeness (QED) is 0.800. The molecular weight excluding hydrogens is 358 g/mol. The van der Waals surface area contributed by atoms with Crippen molar-refractivity contribution in [1.29, 1.82) is 0 Å². The predicted octanol–water partition coefficient (Wildman–Crippen LogP) is 0.672. The number of thiophene rings is 2. The molecule has 2 aromatic heterocycles. The summed E-state index contributed by atoms with van der Waals surface area (Å²) in [6, 6.07) is 3.21. The average Bonchev–Trinajstić information content (AvgIpc) is 3.06. The summed E-state index contributed by atoms with van der Waals surface area (Å²) in [5, 5.41) is 8.74. The first kappa shape index (κ1) is 16.8. The van der Waals surface area contributed by atoms with Gasteiger partial charge in [0.25, 0.3) is 5.91 Å². The van der Waals surface area contributed by atoms with Crippen LogP contribution in [0.2, 0.25) is 0 Å². The predicted molar refractivity (Wildman–Crippen MR) is 90.7 cm³/mol. The van der Waals surface area contributed by atoms with Crippen LogP contribution in [0.15, 0.2) is 16.3 Å². The van der Waals surface area contributed by atoms with E-state index >= 15 is 0 Å². The molecule has 0 atom stereocenters. The van der Waals surface area contributed by atoms with Gasteiger partial charge in [-0.2, -0.15) is 0 Å². The van der Waals surface area contributed by atoms with Gasteiger partial charge in [0.15, 0.2) is 0 Å². The molecule has 0 saturated carbocycles. The maximum absolute atomic E-state index is 12.2. The third-order valence-corrected chi connectivity index (χ3v) is 7.32. The van der Waals surface area contributed by atoms with E-state index in [9.17, 15) is 13.2 Å². The van der Waals surface area contributed by atoms with Crippen LogP contribution in [-0.4, -0.2) is 58.6 Å². The van der Waals surface area contributed by atoms with Gasteiger partial charge in [0.1, 0.15) is 4.21 Å². The van der Waals surface area contributed by atoms with Crippen molar-refractivity contribution in [1.82, 2.24) is 10.2 Å². The van der Waals surface area contributed by atoms with Crippen LogP contribution in [0.1, 0.15) is 9.67 Å². The minimum Gasteiger partial charge on any atom is -0.379 e. The molecule has 0 aromatic carbocycles. The highest BCUT2D eigenvalue weighted by Gasteiger charge is 2.17. The van der Waals surface area contributed by atoms with Crippen LogP contribution in [0.4, 0.5) is 0 Å². The van der Waals surface area contributed by atoms with Crippen LogP contribution >= 0.6 is 22.7 Å². The molecule has 1 fully saturated rings. The molecule has 2 aromatic rings. The van der Waals surface area contributed by atoms with Crippen molar-refractivity contribution in [3.63, 3.8) is 0 Å². The Bertz CT molecular complexity index is 774. The average molecular weight is 375 g/mol. The summed E-state index contributed by atoms with van der Waals surface area (Å²) in [6.07, 6.45) is 0. The first-order chi connectivity index (χ1) is 10.9. The molecular formula is C13H17N3O4S3.